The van der Waals surface area contributed by atoms with Crippen molar-refractivity contribution in [2.45, 2.75) is 63.1 Å². The van der Waals surface area contributed by atoms with Crippen molar-refractivity contribution >= 4 is 11.5 Å². The van der Waals surface area contributed by atoms with Crippen molar-refractivity contribution in [2.75, 3.05) is 5.32 Å². The molecule has 0 spiro atoms. The summed E-state index contributed by atoms with van der Waals surface area (Å²) >= 11 is 0. The third-order valence-electron chi connectivity index (χ3n) is 5.85. The van der Waals surface area contributed by atoms with Gasteiger partial charge in [-0.1, -0.05) is 42.5 Å². The summed E-state index contributed by atoms with van der Waals surface area (Å²) in [7, 11) is 0. The zero-order valence-electron chi connectivity index (χ0n) is 26.1. The first kappa shape index (κ1) is 21.8. The molecule has 0 radical (unpaired) electrons. The Morgan fingerprint density at radius 3 is 2.50 bits per heavy atom. The molecule has 3 heterocycles. The zero-order chi connectivity index (χ0) is 34.3. The molecular weight excluding hydrogens is 548 g/mol. The van der Waals surface area contributed by atoms with Gasteiger partial charge < -0.3 is 14.5 Å². The molecule has 3 aromatic rings. The number of nitrogens with zero attached hydrogens (tertiary/aromatic N) is 4. The highest BCUT2D eigenvalue weighted by Crippen LogP contribution is 2.47. The summed E-state index contributed by atoms with van der Waals surface area (Å²) < 4.78 is 146. The van der Waals surface area contributed by atoms with Crippen LogP contribution in [-0.2, 0) is 23.1 Å². The number of anilines is 1. The number of hydrogen-bond donors (Lipinski definition) is 1. The van der Waals surface area contributed by atoms with Gasteiger partial charge in [0, 0.05) is 19.8 Å². The van der Waals surface area contributed by atoms with E-state index in [0.717, 1.165) is 12.2 Å². The van der Waals surface area contributed by atoms with E-state index in [9.17, 15) is 36.5 Å². The molecule has 0 unspecified atom stereocenters. The van der Waals surface area contributed by atoms with Gasteiger partial charge >= 0.3 is 18.0 Å². The first-order chi connectivity index (χ1) is 21.1. The third kappa shape index (κ3) is 5.93. The molecule has 1 aliphatic rings. The maximum Gasteiger partial charge on any atom is 0.426 e. The van der Waals surface area contributed by atoms with Gasteiger partial charge in [0.05, 0.1) is 11.5 Å². The van der Waals surface area contributed by atoms with Crippen LogP contribution in [0.3, 0.4) is 0 Å². The van der Waals surface area contributed by atoms with Crippen molar-refractivity contribution < 1.29 is 48.6 Å². The first-order valence-electron chi connectivity index (χ1n) is 14.4. The molecule has 4 rings (SSSR count). The minimum Gasteiger partial charge on any atom is -0.415 e. The lowest BCUT2D eigenvalue weighted by atomic mass is 9.94. The number of rotatable bonds is 4. The third-order valence-corrected chi connectivity index (χ3v) is 5.85. The average molecular weight is 578 g/mol. The SMILES string of the molecule is [2H]C([2H])([2H])C1(C([2H])([2H])[2H])C/C=C\CC[C@](OCc2ccccc2)(C(F)(F)F)c2nnc(o2)-c2nc(c(C(F)(F)F)cc2[N+](=O)[O-])N1. The quantitative estimate of drug-likeness (QED) is 0.153. The number of nitrogens with one attached hydrogen (secondary N) is 1. The number of hydrogen-bond acceptors (Lipinski definition) is 8. The maximum absolute atomic E-state index is 14.9. The number of alkyl halides is 6. The van der Waals surface area contributed by atoms with E-state index >= 15 is 0 Å². The van der Waals surface area contributed by atoms with Crippen LogP contribution in [0.25, 0.3) is 11.6 Å². The molecule has 214 valence electrons. The van der Waals surface area contributed by atoms with Crippen molar-refractivity contribution in [1.29, 1.82) is 0 Å². The summed E-state index contributed by atoms with van der Waals surface area (Å²) in [5, 5.41) is 20.5. The van der Waals surface area contributed by atoms with Crippen LogP contribution in [0.1, 0.15) is 58.2 Å². The Balaban J connectivity index is 2.05. The van der Waals surface area contributed by atoms with E-state index in [0.29, 0.717) is 0 Å². The molecule has 1 aromatic carbocycles. The van der Waals surface area contributed by atoms with E-state index in [-0.39, 0.29) is 11.6 Å². The van der Waals surface area contributed by atoms with Crippen LogP contribution >= 0.6 is 0 Å². The molecule has 40 heavy (non-hydrogen) atoms. The highest BCUT2D eigenvalue weighted by molar-refractivity contribution is 5.68. The van der Waals surface area contributed by atoms with Crippen LogP contribution in [-0.4, -0.2) is 31.8 Å². The lowest BCUT2D eigenvalue weighted by Gasteiger charge is -2.32. The molecule has 0 amide bonds. The fraction of sp³-hybridized carbons (Fsp3) is 0.400. The fourth-order valence-electron chi connectivity index (χ4n) is 3.88. The van der Waals surface area contributed by atoms with E-state index in [4.69, 9.17) is 17.4 Å². The molecule has 15 heteroatoms. The molecule has 4 bridgehead atoms. The number of allylic oxidation sites excluding steroid dienone is 1. The van der Waals surface area contributed by atoms with E-state index in [1.165, 1.54) is 24.3 Å². The average Bonchev–Trinajstić information content (AvgIpc) is 3.41. The Morgan fingerprint density at radius 2 is 1.88 bits per heavy atom. The molecule has 1 N–H and O–H groups in total. The highest BCUT2D eigenvalue weighted by atomic mass is 19.4. The van der Waals surface area contributed by atoms with Gasteiger partial charge in [-0.05, 0) is 38.5 Å². The molecule has 0 saturated carbocycles. The van der Waals surface area contributed by atoms with Gasteiger partial charge in [-0.2, -0.15) is 26.3 Å². The predicted octanol–water partition coefficient (Wildman–Crippen LogP) is 6.96. The summed E-state index contributed by atoms with van der Waals surface area (Å²) in [6.45, 7) is -7.85. The van der Waals surface area contributed by atoms with Gasteiger partial charge in [-0.3, -0.25) is 10.1 Å². The lowest BCUT2D eigenvalue weighted by molar-refractivity contribution is -0.384. The van der Waals surface area contributed by atoms with E-state index in [1.54, 1.807) is 6.07 Å². The molecule has 0 aliphatic carbocycles. The number of ether oxygens (including phenoxy) is 1. The monoisotopic (exact) mass is 577 g/mol. The van der Waals surface area contributed by atoms with Gasteiger partial charge in [0.1, 0.15) is 11.4 Å². The Bertz CT molecular complexity index is 1600. The first-order valence-corrected chi connectivity index (χ1v) is 11.4. The van der Waals surface area contributed by atoms with Crippen LogP contribution in [0.15, 0.2) is 53.0 Å². The van der Waals surface area contributed by atoms with E-state index < -0.39 is 103 Å². The van der Waals surface area contributed by atoms with Gasteiger partial charge in [-0.25, -0.2) is 4.98 Å². The summed E-state index contributed by atoms with van der Waals surface area (Å²) in [6, 6.07) is 7.49. The minimum atomic E-state index is -5.47. The number of fused-ring (bicyclic) bond motifs is 5. The van der Waals surface area contributed by atoms with Gasteiger partial charge in [0.25, 0.3) is 11.8 Å². The van der Waals surface area contributed by atoms with Gasteiger partial charge in [-0.15, -0.1) is 10.2 Å². The van der Waals surface area contributed by atoms with Crippen molar-refractivity contribution in [2.24, 2.45) is 0 Å². The molecule has 2 aromatic heterocycles. The number of benzene rings is 1. The number of nitro groups is 1. The molecule has 0 fully saturated rings. The summed E-state index contributed by atoms with van der Waals surface area (Å²) in [5.74, 6) is -3.90. The topological polar surface area (TPSA) is 116 Å². The number of aromatic nitrogens is 3. The zero-order valence-corrected chi connectivity index (χ0v) is 20.1. The smallest absolute Gasteiger partial charge is 0.415 e. The molecule has 1 atom stereocenters. The summed E-state index contributed by atoms with van der Waals surface area (Å²) in [6.07, 6.45) is -11.5. The Morgan fingerprint density at radius 1 is 1.15 bits per heavy atom. The van der Waals surface area contributed by atoms with Crippen LogP contribution in [0.5, 0.6) is 0 Å². The summed E-state index contributed by atoms with van der Waals surface area (Å²) in [5.41, 5.74) is -10.9. The highest BCUT2D eigenvalue weighted by Gasteiger charge is 2.61. The number of halogens is 6. The second-order valence-electron chi connectivity index (χ2n) is 8.76. The lowest BCUT2D eigenvalue weighted by Crippen LogP contribution is -2.45. The van der Waals surface area contributed by atoms with Gasteiger partial charge in [0.15, 0.2) is 0 Å². The van der Waals surface area contributed by atoms with Crippen LogP contribution in [0.4, 0.5) is 37.8 Å². The minimum absolute atomic E-state index is 0.0943. The Labute approximate surface area is 231 Å². The predicted molar refractivity (Wildman–Crippen MR) is 129 cm³/mol. The van der Waals surface area contributed by atoms with Crippen molar-refractivity contribution in [3.8, 4) is 11.6 Å². The van der Waals surface area contributed by atoms with Crippen LogP contribution in [0.2, 0.25) is 0 Å². The maximum atomic E-state index is 14.9. The Hall–Kier alpha value is -4.01. The van der Waals surface area contributed by atoms with Crippen LogP contribution in [0, 0.1) is 10.1 Å². The van der Waals surface area contributed by atoms with Crippen molar-refractivity contribution in [1.82, 2.24) is 15.2 Å². The van der Waals surface area contributed by atoms with Crippen molar-refractivity contribution in [3.05, 3.63) is 75.7 Å². The van der Waals surface area contributed by atoms with E-state index in [1.807, 2.05) is 5.32 Å². The fourth-order valence-corrected chi connectivity index (χ4v) is 3.88. The second kappa shape index (κ2) is 10.5. The molecule has 9 nitrogen and oxygen atoms in total. The van der Waals surface area contributed by atoms with Gasteiger partial charge in [0.2, 0.25) is 11.3 Å². The second-order valence-corrected chi connectivity index (χ2v) is 8.76. The van der Waals surface area contributed by atoms with Crippen LogP contribution < -0.4 is 5.32 Å². The molecule has 0 saturated heterocycles. The number of pyridine rings is 1. The van der Waals surface area contributed by atoms with E-state index in [2.05, 4.69) is 15.2 Å². The normalized spacial score (nSPS) is 23.1. The molecular formula is C25H23F6N5O4. The molecule has 1 aliphatic heterocycles. The largest absolute Gasteiger partial charge is 0.426 e. The Kier molecular flexibility index (Phi) is 5.73. The summed E-state index contributed by atoms with van der Waals surface area (Å²) in [4.78, 5) is 14.0. The standard InChI is InChI=1S/C25H23F6N5O4/c1-22(2)11-7-4-8-12-23(25(29,30)31,39-14-15-9-5-3-6-10-15)21-35-34-20(40-21)18-17(36(37)38)13-16(24(26,27)28)19(32-18)33-22/h3-7,9-10,13H,8,11-12,14H2,1-2H3,(H,32,33)/b7-4-/t23-/m1/s1/i1D3,2D3. The van der Waals surface area contributed by atoms with Crippen molar-refractivity contribution in [3.63, 3.8) is 0 Å².